The van der Waals surface area contributed by atoms with Crippen molar-refractivity contribution >= 4 is 5.91 Å². The average Bonchev–Trinajstić information content (AvgIpc) is 2.42. The fourth-order valence-electron chi connectivity index (χ4n) is 2.97. The van der Waals surface area contributed by atoms with E-state index in [1.54, 1.807) is 0 Å². The standard InChI is InChI=1S/C15H21N3O/c1-12-2-4-13(5-3-12)9-17-10-14-8-16-6-7-18(14)15(19)11-17/h2-5,14,16H,6-11H2,1H3. The van der Waals surface area contributed by atoms with Crippen molar-refractivity contribution in [1.29, 1.82) is 0 Å². The van der Waals surface area contributed by atoms with Crippen LogP contribution in [0, 0.1) is 6.92 Å². The lowest BCUT2D eigenvalue weighted by Crippen LogP contribution is -2.63. The van der Waals surface area contributed by atoms with Gasteiger partial charge in [-0.3, -0.25) is 9.69 Å². The summed E-state index contributed by atoms with van der Waals surface area (Å²) in [6.45, 7) is 7.23. The topological polar surface area (TPSA) is 35.6 Å². The van der Waals surface area contributed by atoms with Crippen LogP contribution in [-0.4, -0.2) is 54.5 Å². The molecular weight excluding hydrogens is 238 g/mol. The van der Waals surface area contributed by atoms with Gasteiger partial charge in [0.15, 0.2) is 0 Å². The minimum Gasteiger partial charge on any atom is -0.335 e. The van der Waals surface area contributed by atoms with E-state index < -0.39 is 0 Å². The molecule has 0 aliphatic carbocycles. The van der Waals surface area contributed by atoms with Crippen molar-refractivity contribution in [2.45, 2.75) is 19.5 Å². The van der Waals surface area contributed by atoms with Gasteiger partial charge in [-0.15, -0.1) is 0 Å². The molecule has 0 radical (unpaired) electrons. The van der Waals surface area contributed by atoms with Gasteiger partial charge in [0.25, 0.3) is 0 Å². The molecule has 102 valence electrons. The van der Waals surface area contributed by atoms with Gasteiger partial charge in [-0.05, 0) is 12.5 Å². The number of nitrogens with one attached hydrogen (secondary N) is 1. The van der Waals surface area contributed by atoms with Gasteiger partial charge in [-0.2, -0.15) is 0 Å². The van der Waals surface area contributed by atoms with Crippen LogP contribution in [0.1, 0.15) is 11.1 Å². The highest BCUT2D eigenvalue weighted by molar-refractivity contribution is 5.79. The molecule has 0 aromatic heterocycles. The first kappa shape index (κ1) is 12.6. The Bertz CT molecular complexity index is 457. The predicted molar refractivity (Wildman–Crippen MR) is 74.8 cm³/mol. The van der Waals surface area contributed by atoms with E-state index in [4.69, 9.17) is 0 Å². The number of carbonyl (C=O) groups is 1. The number of hydrogen-bond acceptors (Lipinski definition) is 3. The third-order valence-corrected chi connectivity index (χ3v) is 4.03. The van der Waals surface area contributed by atoms with E-state index in [1.165, 1.54) is 11.1 Å². The predicted octanol–water partition coefficient (Wildman–Crippen LogP) is 0.611. The lowest BCUT2D eigenvalue weighted by molar-refractivity contribution is -0.141. The maximum absolute atomic E-state index is 12.1. The van der Waals surface area contributed by atoms with Gasteiger partial charge in [0.1, 0.15) is 0 Å². The van der Waals surface area contributed by atoms with Crippen molar-refractivity contribution in [3.8, 4) is 0 Å². The molecule has 1 unspecified atom stereocenters. The molecular formula is C15H21N3O. The molecule has 2 fully saturated rings. The summed E-state index contributed by atoms with van der Waals surface area (Å²) in [6.07, 6.45) is 0. The van der Waals surface area contributed by atoms with Gasteiger partial charge >= 0.3 is 0 Å². The Kier molecular flexibility index (Phi) is 3.53. The number of nitrogens with zero attached hydrogens (tertiary/aromatic N) is 2. The van der Waals surface area contributed by atoms with Crippen molar-refractivity contribution in [2.75, 3.05) is 32.7 Å². The molecule has 0 spiro atoms. The molecule has 1 amide bonds. The van der Waals surface area contributed by atoms with Gasteiger partial charge in [-0.1, -0.05) is 29.8 Å². The summed E-state index contributed by atoms with van der Waals surface area (Å²) in [4.78, 5) is 16.4. The van der Waals surface area contributed by atoms with Gasteiger partial charge < -0.3 is 10.2 Å². The van der Waals surface area contributed by atoms with Crippen LogP contribution in [0.15, 0.2) is 24.3 Å². The molecule has 1 aromatic rings. The van der Waals surface area contributed by atoms with Crippen LogP contribution in [0.3, 0.4) is 0 Å². The maximum atomic E-state index is 12.1. The molecule has 2 aliphatic rings. The normalized spacial score (nSPS) is 24.4. The van der Waals surface area contributed by atoms with Crippen LogP contribution >= 0.6 is 0 Å². The second-order valence-corrected chi connectivity index (χ2v) is 5.60. The van der Waals surface area contributed by atoms with E-state index in [9.17, 15) is 4.79 Å². The Balaban J connectivity index is 1.66. The minimum atomic E-state index is 0.282. The molecule has 0 bridgehead atoms. The summed E-state index contributed by atoms with van der Waals surface area (Å²) >= 11 is 0. The van der Waals surface area contributed by atoms with E-state index in [0.717, 1.165) is 32.7 Å². The van der Waals surface area contributed by atoms with Crippen LogP contribution in [0.5, 0.6) is 0 Å². The van der Waals surface area contributed by atoms with Crippen LogP contribution in [0.25, 0.3) is 0 Å². The molecule has 2 saturated heterocycles. The van der Waals surface area contributed by atoms with E-state index in [-0.39, 0.29) is 5.91 Å². The highest BCUT2D eigenvalue weighted by Crippen LogP contribution is 2.15. The number of benzene rings is 1. The number of aryl methyl sites for hydroxylation is 1. The molecule has 0 saturated carbocycles. The fourth-order valence-corrected chi connectivity index (χ4v) is 2.97. The lowest BCUT2D eigenvalue weighted by atomic mass is 10.1. The van der Waals surface area contributed by atoms with E-state index in [0.29, 0.717) is 12.6 Å². The number of hydrogen-bond donors (Lipinski definition) is 1. The third-order valence-electron chi connectivity index (χ3n) is 4.03. The first-order valence-corrected chi connectivity index (χ1v) is 7.00. The maximum Gasteiger partial charge on any atom is 0.237 e. The highest BCUT2D eigenvalue weighted by Gasteiger charge is 2.33. The van der Waals surface area contributed by atoms with Crippen molar-refractivity contribution in [1.82, 2.24) is 15.1 Å². The van der Waals surface area contributed by atoms with Gasteiger partial charge in [-0.25, -0.2) is 0 Å². The first-order valence-electron chi connectivity index (χ1n) is 7.00. The van der Waals surface area contributed by atoms with Crippen LogP contribution in [0.4, 0.5) is 0 Å². The molecule has 1 aromatic carbocycles. The molecule has 1 N–H and O–H groups in total. The third kappa shape index (κ3) is 2.80. The fraction of sp³-hybridized carbons (Fsp3) is 0.533. The monoisotopic (exact) mass is 259 g/mol. The summed E-state index contributed by atoms with van der Waals surface area (Å²) in [6, 6.07) is 8.93. The number of fused-ring (bicyclic) bond motifs is 1. The van der Waals surface area contributed by atoms with E-state index in [1.807, 2.05) is 4.90 Å². The molecule has 3 rings (SSSR count). The number of piperazine rings is 2. The lowest BCUT2D eigenvalue weighted by Gasteiger charge is -2.44. The van der Waals surface area contributed by atoms with E-state index in [2.05, 4.69) is 41.4 Å². The summed E-state index contributed by atoms with van der Waals surface area (Å²) in [5.74, 6) is 0.282. The van der Waals surface area contributed by atoms with Crippen molar-refractivity contribution < 1.29 is 4.79 Å². The van der Waals surface area contributed by atoms with Crippen LogP contribution in [-0.2, 0) is 11.3 Å². The molecule has 1 atom stereocenters. The van der Waals surface area contributed by atoms with Crippen molar-refractivity contribution in [3.05, 3.63) is 35.4 Å². The molecule has 2 aliphatic heterocycles. The van der Waals surface area contributed by atoms with E-state index >= 15 is 0 Å². The SMILES string of the molecule is Cc1ccc(CN2CC(=O)N3CCNCC3C2)cc1. The summed E-state index contributed by atoms with van der Waals surface area (Å²) in [5, 5.41) is 3.38. The average molecular weight is 259 g/mol. The first-order chi connectivity index (χ1) is 9.22. The van der Waals surface area contributed by atoms with Crippen molar-refractivity contribution in [2.24, 2.45) is 0 Å². The van der Waals surface area contributed by atoms with Gasteiger partial charge in [0.05, 0.1) is 12.6 Å². The van der Waals surface area contributed by atoms with Gasteiger partial charge in [0.2, 0.25) is 5.91 Å². The minimum absolute atomic E-state index is 0.282. The summed E-state index contributed by atoms with van der Waals surface area (Å²) in [5.41, 5.74) is 2.57. The highest BCUT2D eigenvalue weighted by atomic mass is 16.2. The molecule has 4 nitrogen and oxygen atoms in total. The quantitative estimate of drug-likeness (QED) is 0.845. The van der Waals surface area contributed by atoms with Crippen molar-refractivity contribution in [3.63, 3.8) is 0 Å². The second kappa shape index (κ2) is 5.31. The number of carbonyl (C=O) groups excluding carboxylic acids is 1. The Morgan fingerprint density at radius 3 is 2.89 bits per heavy atom. The van der Waals surface area contributed by atoms with Crippen LogP contribution in [0.2, 0.25) is 0 Å². The zero-order valence-corrected chi connectivity index (χ0v) is 11.4. The molecule has 19 heavy (non-hydrogen) atoms. The largest absolute Gasteiger partial charge is 0.335 e. The Hall–Kier alpha value is -1.39. The molecule has 4 heteroatoms. The Morgan fingerprint density at radius 1 is 1.32 bits per heavy atom. The zero-order chi connectivity index (χ0) is 13.2. The Morgan fingerprint density at radius 2 is 2.11 bits per heavy atom. The molecule has 2 heterocycles. The number of rotatable bonds is 2. The second-order valence-electron chi connectivity index (χ2n) is 5.60. The van der Waals surface area contributed by atoms with Crippen LogP contribution < -0.4 is 5.32 Å². The Labute approximate surface area is 114 Å². The number of amides is 1. The summed E-state index contributed by atoms with van der Waals surface area (Å²) in [7, 11) is 0. The smallest absolute Gasteiger partial charge is 0.237 e. The zero-order valence-electron chi connectivity index (χ0n) is 11.4. The van der Waals surface area contributed by atoms with Gasteiger partial charge in [0, 0.05) is 32.7 Å². The summed E-state index contributed by atoms with van der Waals surface area (Å²) < 4.78 is 0.